The van der Waals surface area contributed by atoms with Crippen molar-refractivity contribution in [1.29, 1.82) is 0 Å². The fourth-order valence-electron chi connectivity index (χ4n) is 3.62. The molecule has 0 spiro atoms. The van der Waals surface area contributed by atoms with Gasteiger partial charge in [0, 0.05) is 4.90 Å². The molecule has 2 heteroatoms. The summed E-state index contributed by atoms with van der Waals surface area (Å²) < 4.78 is 0. The lowest BCUT2D eigenvalue weighted by molar-refractivity contribution is 0.0996. The van der Waals surface area contributed by atoms with Crippen LogP contribution in [0.4, 0.5) is 0 Å². The topological polar surface area (TPSA) is 26.0 Å². The third kappa shape index (κ3) is 5.03. The molecule has 2 rings (SSSR count). The Hall–Kier alpha value is -0.470. The van der Waals surface area contributed by atoms with E-state index in [-0.39, 0.29) is 0 Å². The Morgan fingerprint density at radius 2 is 1.81 bits per heavy atom. The smallest absolute Gasteiger partial charge is 0.00719 e. The van der Waals surface area contributed by atoms with Gasteiger partial charge in [-0.1, -0.05) is 39.0 Å². The Labute approximate surface area is 135 Å². The molecule has 1 saturated carbocycles. The molecule has 118 valence electrons. The van der Waals surface area contributed by atoms with E-state index in [0.717, 1.165) is 24.3 Å². The van der Waals surface area contributed by atoms with Crippen LogP contribution in [-0.4, -0.2) is 12.3 Å². The van der Waals surface area contributed by atoms with E-state index in [2.05, 4.69) is 51.1 Å². The van der Waals surface area contributed by atoms with Gasteiger partial charge in [-0.05, 0) is 73.3 Å². The molecule has 1 aliphatic rings. The van der Waals surface area contributed by atoms with Crippen LogP contribution in [0, 0.1) is 23.2 Å². The van der Waals surface area contributed by atoms with E-state index in [1.165, 1.54) is 36.3 Å². The highest BCUT2D eigenvalue weighted by Crippen LogP contribution is 2.44. The van der Waals surface area contributed by atoms with E-state index in [9.17, 15) is 0 Å². The average molecular weight is 306 g/mol. The zero-order valence-corrected chi connectivity index (χ0v) is 14.7. The molecule has 21 heavy (non-hydrogen) atoms. The predicted octanol–water partition coefficient (Wildman–Crippen LogP) is 5.21. The molecule has 1 aromatic rings. The van der Waals surface area contributed by atoms with Gasteiger partial charge in [-0.25, -0.2) is 0 Å². The van der Waals surface area contributed by atoms with E-state index >= 15 is 0 Å². The Morgan fingerprint density at radius 3 is 2.43 bits per heavy atom. The van der Waals surface area contributed by atoms with E-state index in [1.807, 2.05) is 11.8 Å². The minimum absolute atomic E-state index is 0.449. The van der Waals surface area contributed by atoms with Gasteiger partial charge in [0.25, 0.3) is 0 Å². The van der Waals surface area contributed by atoms with Gasteiger partial charge in [-0.15, -0.1) is 11.8 Å². The minimum atomic E-state index is 0.449. The number of rotatable bonds is 5. The molecule has 0 bridgehead atoms. The molecule has 1 aromatic carbocycles. The summed E-state index contributed by atoms with van der Waals surface area (Å²) >= 11 is 1.99. The lowest BCUT2D eigenvalue weighted by Gasteiger charge is -2.41. The molecular weight excluding hydrogens is 274 g/mol. The standard InChI is InChI=1S/C19H31NS/c1-19(2,3)17-10-9-16(14-20)15(13-17)11-12-21-18-7-5-4-6-8-18/h4-8,15-17H,9-14,20H2,1-3H3. The van der Waals surface area contributed by atoms with E-state index < -0.39 is 0 Å². The molecule has 0 heterocycles. The van der Waals surface area contributed by atoms with Gasteiger partial charge in [0.15, 0.2) is 0 Å². The molecule has 0 aliphatic heterocycles. The number of hydrogen-bond acceptors (Lipinski definition) is 2. The minimum Gasteiger partial charge on any atom is -0.330 e. The molecule has 0 radical (unpaired) electrons. The largest absolute Gasteiger partial charge is 0.330 e. The molecule has 0 amide bonds. The van der Waals surface area contributed by atoms with Crippen molar-refractivity contribution in [1.82, 2.24) is 0 Å². The molecule has 3 unspecified atom stereocenters. The Kier molecular flexibility index (Phi) is 6.19. The Balaban J connectivity index is 1.86. The molecule has 1 aliphatic carbocycles. The van der Waals surface area contributed by atoms with Gasteiger partial charge in [0.1, 0.15) is 0 Å². The number of hydrogen-bond donors (Lipinski definition) is 1. The lowest BCUT2D eigenvalue weighted by atomic mass is 9.65. The fraction of sp³-hybridized carbons (Fsp3) is 0.684. The summed E-state index contributed by atoms with van der Waals surface area (Å²) in [6.07, 6.45) is 5.39. The summed E-state index contributed by atoms with van der Waals surface area (Å²) in [7, 11) is 0. The monoisotopic (exact) mass is 305 g/mol. The van der Waals surface area contributed by atoms with Crippen LogP contribution in [0.15, 0.2) is 35.2 Å². The van der Waals surface area contributed by atoms with Crippen molar-refractivity contribution < 1.29 is 0 Å². The highest BCUT2D eigenvalue weighted by molar-refractivity contribution is 7.99. The Bertz CT molecular complexity index is 409. The highest BCUT2D eigenvalue weighted by Gasteiger charge is 2.34. The molecule has 0 saturated heterocycles. The van der Waals surface area contributed by atoms with Crippen molar-refractivity contribution in [3.05, 3.63) is 30.3 Å². The second kappa shape index (κ2) is 7.69. The zero-order chi connectivity index (χ0) is 15.3. The van der Waals surface area contributed by atoms with Crippen LogP contribution in [0.25, 0.3) is 0 Å². The molecule has 2 N–H and O–H groups in total. The molecule has 1 fully saturated rings. The van der Waals surface area contributed by atoms with Crippen molar-refractivity contribution in [2.75, 3.05) is 12.3 Å². The Morgan fingerprint density at radius 1 is 1.10 bits per heavy atom. The van der Waals surface area contributed by atoms with Crippen LogP contribution in [-0.2, 0) is 0 Å². The molecule has 0 aromatic heterocycles. The molecular formula is C19H31NS. The first-order chi connectivity index (χ1) is 10.0. The second-order valence-electron chi connectivity index (χ2n) is 7.58. The summed E-state index contributed by atoms with van der Waals surface area (Å²) in [6.45, 7) is 8.07. The summed E-state index contributed by atoms with van der Waals surface area (Å²) in [6, 6.07) is 10.8. The van der Waals surface area contributed by atoms with Crippen molar-refractivity contribution >= 4 is 11.8 Å². The second-order valence-corrected chi connectivity index (χ2v) is 8.75. The quantitative estimate of drug-likeness (QED) is 0.756. The van der Waals surface area contributed by atoms with Crippen LogP contribution < -0.4 is 5.73 Å². The van der Waals surface area contributed by atoms with Gasteiger partial charge in [0.2, 0.25) is 0 Å². The maximum Gasteiger partial charge on any atom is 0.00719 e. The first-order valence-corrected chi connectivity index (χ1v) is 9.37. The van der Waals surface area contributed by atoms with Gasteiger partial charge < -0.3 is 5.73 Å². The maximum atomic E-state index is 6.02. The summed E-state index contributed by atoms with van der Waals surface area (Å²) in [5.41, 5.74) is 6.47. The average Bonchev–Trinajstić information content (AvgIpc) is 2.47. The summed E-state index contributed by atoms with van der Waals surface area (Å²) in [5, 5.41) is 0. The summed E-state index contributed by atoms with van der Waals surface area (Å²) in [5.74, 6) is 3.67. The maximum absolute atomic E-state index is 6.02. The SMILES string of the molecule is CC(C)(C)C1CCC(CN)C(CCSc2ccccc2)C1. The fourth-order valence-corrected chi connectivity index (χ4v) is 4.63. The first kappa shape index (κ1) is 16.9. The van der Waals surface area contributed by atoms with Crippen LogP contribution in [0.5, 0.6) is 0 Å². The van der Waals surface area contributed by atoms with Crippen LogP contribution in [0.3, 0.4) is 0 Å². The van der Waals surface area contributed by atoms with Crippen molar-refractivity contribution in [2.24, 2.45) is 28.9 Å². The van der Waals surface area contributed by atoms with E-state index in [0.29, 0.717) is 5.41 Å². The molecule has 3 atom stereocenters. The predicted molar refractivity (Wildman–Crippen MR) is 94.6 cm³/mol. The summed E-state index contributed by atoms with van der Waals surface area (Å²) in [4.78, 5) is 1.39. The normalized spacial score (nSPS) is 26.8. The third-order valence-corrected chi connectivity index (χ3v) is 6.21. The van der Waals surface area contributed by atoms with Gasteiger partial charge in [0.05, 0.1) is 0 Å². The van der Waals surface area contributed by atoms with Crippen LogP contribution >= 0.6 is 11.8 Å². The van der Waals surface area contributed by atoms with Crippen LogP contribution in [0.1, 0.15) is 46.5 Å². The zero-order valence-electron chi connectivity index (χ0n) is 13.8. The van der Waals surface area contributed by atoms with Gasteiger partial charge >= 0.3 is 0 Å². The van der Waals surface area contributed by atoms with Crippen LogP contribution in [0.2, 0.25) is 0 Å². The van der Waals surface area contributed by atoms with E-state index in [4.69, 9.17) is 5.73 Å². The number of nitrogens with two attached hydrogens (primary N) is 1. The van der Waals surface area contributed by atoms with E-state index in [1.54, 1.807) is 0 Å². The van der Waals surface area contributed by atoms with Crippen molar-refractivity contribution in [3.63, 3.8) is 0 Å². The number of thioether (sulfide) groups is 1. The van der Waals surface area contributed by atoms with Crippen molar-refractivity contribution in [3.8, 4) is 0 Å². The van der Waals surface area contributed by atoms with Gasteiger partial charge in [-0.2, -0.15) is 0 Å². The third-order valence-electron chi connectivity index (χ3n) is 5.17. The number of benzene rings is 1. The van der Waals surface area contributed by atoms with Gasteiger partial charge in [-0.3, -0.25) is 0 Å². The lowest BCUT2D eigenvalue weighted by Crippen LogP contribution is -2.35. The van der Waals surface area contributed by atoms with Crippen molar-refractivity contribution in [2.45, 2.75) is 51.3 Å². The molecule has 1 nitrogen and oxygen atoms in total. The highest BCUT2D eigenvalue weighted by atomic mass is 32.2. The first-order valence-electron chi connectivity index (χ1n) is 8.38.